The van der Waals surface area contributed by atoms with Crippen LogP contribution in [0, 0.1) is 0 Å². The molecule has 0 saturated heterocycles. The predicted molar refractivity (Wildman–Crippen MR) is 77.3 cm³/mol. The van der Waals surface area contributed by atoms with Crippen molar-refractivity contribution < 1.29 is 0 Å². The van der Waals surface area contributed by atoms with Gasteiger partial charge < -0.3 is 5.73 Å². The molecular weight excluding hydrogens is 296 g/mol. The number of hydrogen-bond acceptors (Lipinski definition) is 3. The van der Waals surface area contributed by atoms with Crippen LogP contribution in [0.2, 0.25) is 0 Å². The van der Waals surface area contributed by atoms with Gasteiger partial charge in [0.25, 0.3) is 0 Å². The minimum Gasteiger partial charge on any atom is -0.330 e. The van der Waals surface area contributed by atoms with Crippen LogP contribution < -0.4 is 5.73 Å². The molecule has 2 aromatic rings. The summed E-state index contributed by atoms with van der Waals surface area (Å²) in [5.74, 6) is 0.445. The molecule has 0 fully saturated rings. The van der Waals surface area contributed by atoms with Gasteiger partial charge in [0.05, 0.1) is 5.69 Å². The van der Waals surface area contributed by atoms with E-state index in [0.717, 1.165) is 21.6 Å². The second-order valence-corrected chi connectivity index (χ2v) is 5.84. The van der Waals surface area contributed by atoms with E-state index >= 15 is 0 Å². The summed E-state index contributed by atoms with van der Waals surface area (Å²) < 4.78 is 1.09. The number of nitrogens with zero attached hydrogens (tertiary/aromatic N) is 1. The number of thiazole rings is 1. The number of benzene rings is 1. The Balaban J connectivity index is 2.20. The van der Waals surface area contributed by atoms with Crippen molar-refractivity contribution in [3.05, 3.63) is 39.8 Å². The van der Waals surface area contributed by atoms with E-state index in [9.17, 15) is 0 Å². The molecule has 0 aliphatic rings. The highest BCUT2D eigenvalue weighted by Crippen LogP contribution is 2.28. The standard InChI is InChI=1S/C13H15BrN2S/c1-9(6-7-15)12-8-17-13(16-12)10-2-4-11(14)5-3-10/h2-5,8-9H,6-7,15H2,1H3. The average molecular weight is 311 g/mol. The van der Waals surface area contributed by atoms with Crippen molar-refractivity contribution in [1.82, 2.24) is 4.98 Å². The summed E-state index contributed by atoms with van der Waals surface area (Å²) >= 11 is 5.13. The smallest absolute Gasteiger partial charge is 0.123 e. The fourth-order valence-electron chi connectivity index (χ4n) is 1.64. The van der Waals surface area contributed by atoms with Crippen molar-refractivity contribution in [3.63, 3.8) is 0 Å². The average Bonchev–Trinajstić information content (AvgIpc) is 2.80. The Morgan fingerprint density at radius 3 is 2.71 bits per heavy atom. The summed E-state index contributed by atoms with van der Waals surface area (Å²) in [5, 5.41) is 3.22. The molecule has 0 saturated carbocycles. The SMILES string of the molecule is CC(CCN)c1csc(-c2ccc(Br)cc2)n1. The molecule has 0 aliphatic carbocycles. The maximum atomic E-state index is 5.57. The molecule has 1 aromatic heterocycles. The Morgan fingerprint density at radius 1 is 1.35 bits per heavy atom. The number of aromatic nitrogens is 1. The minimum absolute atomic E-state index is 0.445. The van der Waals surface area contributed by atoms with Crippen molar-refractivity contribution in [2.24, 2.45) is 5.73 Å². The summed E-state index contributed by atoms with van der Waals surface area (Å²) in [7, 11) is 0. The van der Waals surface area contributed by atoms with Gasteiger partial charge >= 0.3 is 0 Å². The zero-order chi connectivity index (χ0) is 12.3. The number of halogens is 1. The summed E-state index contributed by atoms with van der Waals surface area (Å²) in [6.07, 6.45) is 0.990. The van der Waals surface area contributed by atoms with E-state index in [-0.39, 0.29) is 0 Å². The van der Waals surface area contributed by atoms with E-state index < -0.39 is 0 Å². The predicted octanol–water partition coefficient (Wildman–Crippen LogP) is 4.02. The Kier molecular flexibility index (Phi) is 4.31. The van der Waals surface area contributed by atoms with Crippen LogP contribution in [-0.4, -0.2) is 11.5 Å². The molecule has 1 atom stereocenters. The Morgan fingerprint density at radius 2 is 2.06 bits per heavy atom. The molecule has 2 rings (SSSR count). The highest BCUT2D eigenvalue weighted by Gasteiger charge is 2.10. The third kappa shape index (κ3) is 3.15. The second-order valence-electron chi connectivity index (χ2n) is 4.06. The molecule has 1 heterocycles. The fraction of sp³-hybridized carbons (Fsp3) is 0.308. The summed E-state index contributed by atoms with van der Waals surface area (Å²) in [6.45, 7) is 2.89. The summed E-state index contributed by atoms with van der Waals surface area (Å²) in [4.78, 5) is 4.68. The van der Waals surface area contributed by atoms with E-state index in [0.29, 0.717) is 12.5 Å². The van der Waals surface area contributed by atoms with Crippen molar-refractivity contribution in [2.75, 3.05) is 6.54 Å². The number of hydrogen-bond donors (Lipinski definition) is 1. The van der Waals surface area contributed by atoms with Gasteiger partial charge in [-0.25, -0.2) is 4.98 Å². The molecule has 90 valence electrons. The molecule has 4 heteroatoms. The van der Waals surface area contributed by atoms with Crippen LogP contribution in [0.4, 0.5) is 0 Å². The minimum atomic E-state index is 0.445. The molecule has 1 unspecified atom stereocenters. The molecule has 17 heavy (non-hydrogen) atoms. The molecule has 2 nitrogen and oxygen atoms in total. The highest BCUT2D eigenvalue weighted by atomic mass is 79.9. The first kappa shape index (κ1) is 12.7. The van der Waals surface area contributed by atoms with Gasteiger partial charge in [0.1, 0.15) is 5.01 Å². The van der Waals surface area contributed by atoms with Crippen LogP contribution in [0.25, 0.3) is 10.6 Å². The lowest BCUT2D eigenvalue weighted by atomic mass is 10.1. The third-order valence-corrected chi connectivity index (χ3v) is 4.16. The molecule has 0 aliphatic heterocycles. The van der Waals surface area contributed by atoms with Crippen molar-refractivity contribution in [1.29, 1.82) is 0 Å². The van der Waals surface area contributed by atoms with Gasteiger partial charge in [-0.1, -0.05) is 35.0 Å². The third-order valence-electron chi connectivity index (χ3n) is 2.72. The van der Waals surface area contributed by atoms with Gasteiger partial charge in [-0.3, -0.25) is 0 Å². The fourth-order valence-corrected chi connectivity index (χ4v) is 2.85. The first-order valence-electron chi connectivity index (χ1n) is 5.62. The van der Waals surface area contributed by atoms with Gasteiger partial charge in [0.2, 0.25) is 0 Å². The van der Waals surface area contributed by atoms with Crippen LogP contribution in [0.1, 0.15) is 25.0 Å². The van der Waals surface area contributed by atoms with E-state index in [1.165, 1.54) is 5.56 Å². The largest absolute Gasteiger partial charge is 0.330 e. The molecule has 2 N–H and O–H groups in total. The zero-order valence-electron chi connectivity index (χ0n) is 9.69. The molecule has 0 bridgehead atoms. The van der Waals surface area contributed by atoms with E-state index in [1.54, 1.807) is 11.3 Å². The molecule has 0 radical (unpaired) electrons. The van der Waals surface area contributed by atoms with E-state index in [1.807, 2.05) is 12.1 Å². The molecule has 0 amide bonds. The van der Waals surface area contributed by atoms with Crippen molar-refractivity contribution in [3.8, 4) is 10.6 Å². The lowest BCUT2D eigenvalue weighted by molar-refractivity contribution is 0.675. The van der Waals surface area contributed by atoms with Gasteiger partial charge in [-0.15, -0.1) is 11.3 Å². The monoisotopic (exact) mass is 310 g/mol. The zero-order valence-corrected chi connectivity index (χ0v) is 12.1. The van der Waals surface area contributed by atoms with Gasteiger partial charge in [0.15, 0.2) is 0 Å². The Bertz CT molecular complexity index is 478. The molecular formula is C13H15BrN2S. The van der Waals surface area contributed by atoms with Crippen molar-refractivity contribution >= 4 is 27.3 Å². The van der Waals surface area contributed by atoms with Crippen LogP contribution in [0.3, 0.4) is 0 Å². The van der Waals surface area contributed by atoms with Gasteiger partial charge in [-0.2, -0.15) is 0 Å². The summed E-state index contributed by atoms with van der Waals surface area (Å²) in [6, 6.07) is 8.25. The first-order valence-corrected chi connectivity index (χ1v) is 7.29. The lowest BCUT2D eigenvalue weighted by Crippen LogP contribution is -2.04. The maximum absolute atomic E-state index is 5.57. The van der Waals surface area contributed by atoms with E-state index in [4.69, 9.17) is 5.73 Å². The number of rotatable bonds is 4. The highest BCUT2D eigenvalue weighted by molar-refractivity contribution is 9.10. The topological polar surface area (TPSA) is 38.9 Å². The van der Waals surface area contributed by atoms with Gasteiger partial charge in [0, 0.05) is 21.3 Å². The second kappa shape index (κ2) is 5.76. The molecule has 0 spiro atoms. The normalized spacial score (nSPS) is 12.6. The maximum Gasteiger partial charge on any atom is 0.123 e. The van der Waals surface area contributed by atoms with Crippen molar-refractivity contribution in [2.45, 2.75) is 19.3 Å². The lowest BCUT2D eigenvalue weighted by Gasteiger charge is -2.05. The number of nitrogens with two attached hydrogens (primary N) is 1. The van der Waals surface area contributed by atoms with Crippen LogP contribution in [-0.2, 0) is 0 Å². The van der Waals surface area contributed by atoms with Crippen LogP contribution >= 0.6 is 27.3 Å². The summed E-state index contributed by atoms with van der Waals surface area (Å²) in [5.41, 5.74) is 7.89. The Labute approximate surface area is 114 Å². The molecule has 1 aromatic carbocycles. The van der Waals surface area contributed by atoms with Crippen LogP contribution in [0.15, 0.2) is 34.1 Å². The van der Waals surface area contributed by atoms with Gasteiger partial charge in [-0.05, 0) is 25.1 Å². The first-order chi connectivity index (χ1) is 8.20. The van der Waals surface area contributed by atoms with E-state index in [2.05, 4.69) is 45.4 Å². The van der Waals surface area contributed by atoms with Crippen LogP contribution in [0.5, 0.6) is 0 Å². The quantitative estimate of drug-likeness (QED) is 0.926. The Hall–Kier alpha value is -0.710.